The van der Waals surface area contributed by atoms with Crippen LogP contribution < -0.4 is 21.3 Å². The topological polar surface area (TPSA) is 163 Å². The van der Waals surface area contributed by atoms with Crippen LogP contribution in [0.2, 0.25) is 0 Å². The summed E-state index contributed by atoms with van der Waals surface area (Å²) in [5, 5.41) is 23.0. The summed E-state index contributed by atoms with van der Waals surface area (Å²) in [6.07, 6.45) is 1.45. The Morgan fingerprint density at radius 3 is 2.59 bits per heavy atom. The van der Waals surface area contributed by atoms with E-state index >= 15 is 4.39 Å². The van der Waals surface area contributed by atoms with Crippen LogP contribution in [0.1, 0.15) is 16.1 Å². The van der Waals surface area contributed by atoms with Crippen LogP contribution in [0.5, 0.6) is 5.75 Å². The van der Waals surface area contributed by atoms with E-state index in [1.807, 2.05) is 4.90 Å². The maximum atomic E-state index is 15.1. The van der Waals surface area contributed by atoms with E-state index in [9.17, 15) is 14.7 Å². The maximum Gasteiger partial charge on any atom is 0.251 e. The van der Waals surface area contributed by atoms with Gasteiger partial charge in [0, 0.05) is 49.4 Å². The van der Waals surface area contributed by atoms with Crippen molar-refractivity contribution in [2.45, 2.75) is 6.54 Å². The van der Waals surface area contributed by atoms with Crippen molar-refractivity contribution in [3.8, 4) is 17.0 Å². The van der Waals surface area contributed by atoms with Gasteiger partial charge in [0.15, 0.2) is 11.6 Å². The van der Waals surface area contributed by atoms with Gasteiger partial charge in [-0.25, -0.2) is 4.39 Å². The number of amides is 2. The molecular weight excluding hydrogens is 509 g/mol. The molecule has 39 heavy (non-hydrogen) atoms. The zero-order chi connectivity index (χ0) is 27.4. The molecule has 4 aromatic rings. The highest BCUT2D eigenvalue weighted by Gasteiger charge is 2.24. The van der Waals surface area contributed by atoms with Gasteiger partial charge >= 0.3 is 0 Å². The number of nitrogens with two attached hydrogens (primary N) is 1. The summed E-state index contributed by atoms with van der Waals surface area (Å²) in [4.78, 5) is 28.4. The van der Waals surface area contributed by atoms with Gasteiger partial charge < -0.3 is 40.3 Å². The van der Waals surface area contributed by atoms with Gasteiger partial charge in [0.05, 0.1) is 24.5 Å². The molecule has 2 amide bonds. The standard InChI is InChI=1S/C26H26FN7O5/c27-19-11-16(21-13-18(39-31-21)14-29-24-5-10-38-32-24)2-4-22(19)33-6-8-34(9-7-33)25(36)15-30-26(37)17-1-3-20(28)23(35)12-17/h1-5,10-13,35H,6-9,14-15,28H2,(H,29,32)(H,30,37). The first-order valence-electron chi connectivity index (χ1n) is 12.2. The molecule has 0 bridgehead atoms. The number of aromatic nitrogens is 2. The van der Waals surface area contributed by atoms with Crippen molar-refractivity contribution in [1.29, 1.82) is 0 Å². The number of hydrogen-bond donors (Lipinski definition) is 4. The van der Waals surface area contributed by atoms with E-state index in [1.165, 1.54) is 30.5 Å². The van der Waals surface area contributed by atoms with E-state index < -0.39 is 11.7 Å². The summed E-state index contributed by atoms with van der Waals surface area (Å²) in [6.45, 7) is 1.78. The molecule has 202 valence electrons. The Labute approximate surface area is 222 Å². The second kappa shape index (κ2) is 11.1. The first-order valence-corrected chi connectivity index (χ1v) is 12.2. The molecule has 0 saturated carbocycles. The number of aromatic hydroxyl groups is 1. The van der Waals surface area contributed by atoms with Gasteiger partial charge in [-0.2, -0.15) is 0 Å². The van der Waals surface area contributed by atoms with Crippen molar-refractivity contribution in [1.82, 2.24) is 20.5 Å². The number of nitrogen functional groups attached to an aromatic ring is 1. The fourth-order valence-electron chi connectivity index (χ4n) is 4.19. The molecule has 13 heteroatoms. The van der Waals surface area contributed by atoms with E-state index in [-0.39, 0.29) is 29.5 Å². The molecule has 2 aromatic carbocycles. The van der Waals surface area contributed by atoms with E-state index in [0.717, 1.165) is 0 Å². The van der Waals surface area contributed by atoms with Crippen molar-refractivity contribution in [3.05, 3.63) is 71.9 Å². The maximum absolute atomic E-state index is 15.1. The monoisotopic (exact) mass is 535 g/mol. The number of anilines is 3. The van der Waals surface area contributed by atoms with E-state index in [0.29, 0.717) is 61.2 Å². The van der Waals surface area contributed by atoms with Crippen LogP contribution in [0.3, 0.4) is 0 Å². The number of hydrogen-bond acceptors (Lipinski definition) is 10. The lowest BCUT2D eigenvalue weighted by Gasteiger charge is -2.36. The molecule has 5 N–H and O–H groups in total. The second-order valence-corrected chi connectivity index (χ2v) is 8.91. The highest BCUT2D eigenvalue weighted by atomic mass is 19.1. The third-order valence-electron chi connectivity index (χ3n) is 6.35. The number of benzene rings is 2. The Balaban J connectivity index is 1.12. The largest absolute Gasteiger partial charge is 0.506 e. The number of carbonyl (C=O) groups excluding carboxylic acids is 2. The number of piperazine rings is 1. The number of phenolic OH excluding ortho intramolecular Hbond substituents is 1. The van der Waals surface area contributed by atoms with Crippen molar-refractivity contribution in [2.24, 2.45) is 0 Å². The Bertz CT molecular complexity index is 1470. The lowest BCUT2D eigenvalue weighted by Crippen LogP contribution is -2.51. The van der Waals surface area contributed by atoms with Crippen LogP contribution in [-0.4, -0.2) is 64.9 Å². The number of rotatable bonds is 8. The Hall–Kier alpha value is -5.07. The molecule has 12 nitrogen and oxygen atoms in total. The number of carbonyl (C=O) groups is 2. The van der Waals surface area contributed by atoms with Gasteiger partial charge in [0.2, 0.25) is 5.91 Å². The molecule has 0 atom stereocenters. The van der Waals surface area contributed by atoms with E-state index in [4.69, 9.17) is 14.8 Å². The summed E-state index contributed by atoms with van der Waals surface area (Å²) < 4.78 is 25.1. The van der Waals surface area contributed by atoms with E-state index in [2.05, 4.69) is 20.9 Å². The van der Waals surface area contributed by atoms with Crippen molar-refractivity contribution in [3.63, 3.8) is 0 Å². The third-order valence-corrected chi connectivity index (χ3v) is 6.35. The predicted molar refractivity (Wildman–Crippen MR) is 139 cm³/mol. The zero-order valence-electron chi connectivity index (χ0n) is 20.8. The number of nitrogens with zero attached hydrogens (tertiary/aromatic N) is 4. The highest BCUT2D eigenvalue weighted by Crippen LogP contribution is 2.27. The number of halogens is 1. The molecule has 1 fully saturated rings. The Kier molecular flexibility index (Phi) is 7.30. The lowest BCUT2D eigenvalue weighted by atomic mass is 10.1. The lowest BCUT2D eigenvalue weighted by molar-refractivity contribution is -0.130. The molecule has 0 spiro atoms. The van der Waals surface area contributed by atoms with Crippen LogP contribution in [0.4, 0.5) is 21.6 Å². The average molecular weight is 536 g/mol. The summed E-state index contributed by atoms with van der Waals surface area (Å²) in [5.74, 6) is -0.234. The summed E-state index contributed by atoms with van der Waals surface area (Å²) in [6, 6.07) is 12.4. The quantitative estimate of drug-likeness (QED) is 0.195. The Morgan fingerprint density at radius 2 is 1.87 bits per heavy atom. The summed E-state index contributed by atoms with van der Waals surface area (Å²) in [5.41, 5.74) is 7.41. The molecule has 5 rings (SSSR count). The first-order chi connectivity index (χ1) is 18.9. The number of phenols is 1. The van der Waals surface area contributed by atoms with Gasteiger partial charge in [-0.15, -0.1) is 0 Å². The molecule has 0 radical (unpaired) electrons. The Morgan fingerprint density at radius 1 is 1.05 bits per heavy atom. The van der Waals surface area contributed by atoms with Gasteiger partial charge in [-0.1, -0.05) is 16.4 Å². The van der Waals surface area contributed by atoms with Crippen LogP contribution in [0.25, 0.3) is 11.3 Å². The van der Waals surface area contributed by atoms with E-state index in [1.54, 1.807) is 29.2 Å². The molecular formula is C26H26FN7O5. The molecule has 0 aliphatic carbocycles. The third kappa shape index (κ3) is 5.92. The van der Waals surface area contributed by atoms with Gasteiger partial charge in [-0.3, -0.25) is 9.59 Å². The highest BCUT2D eigenvalue weighted by molar-refractivity contribution is 5.97. The minimum absolute atomic E-state index is 0.159. The predicted octanol–water partition coefficient (Wildman–Crippen LogP) is 2.45. The molecule has 0 unspecified atom stereocenters. The van der Waals surface area contributed by atoms with Crippen LogP contribution in [-0.2, 0) is 11.3 Å². The fraction of sp³-hybridized carbons (Fsp3) is 0.231. The van der Waals surface area contributed by atoms with Crippen molar-refractivity contribution < 1.29 is 28.1 Å². The molecule has 2 aromatic heterocycles. The van der Waals surface area contributed by atoms with Gasteiger partial charge in [0.25, 0.3) is 5.91 Å². The van der Waals surface area contributed by atoms with Crippen LogP contribution in [0, 0.1) is 5.82 Å². The van der Waals surface area contributed by atoms with Gasteiger partial charge in [-0.05, 0) is 30.3 Å². The summed E-state index contributed by atoms with van der Waals surface area (Å²) >= 11 is 0. The smallest absolute Gasteiger partial charge is 0.251 e. The molecule has 1 saturated heterocycles. The van der Waals surface area contributed by atoms with Gasteiger partial charge in [0.1, 0.15) is 23.5 Å². The molecule has 3 heterocycles. The fourth-order valence-corrected chi connectivity index (χ4v) is 4.19. The first kappa shape index (κ1) is 25.6. The molecule has 1 aliphatic rings. The van der Waals surface area contributed by atoms with Crippen molar-refractivity contribution >= 4 is 29.0 Å². The van der Waals surface area contributed by atoms with Crippen molar-refractivity contribution in [2.75, 3.05) is 48.7 Å². The minimum Gasteiger partial charge on any atom is -0.506 e. The SMILES string of the molecule is Nc1ccc(C(=O)NCC(=O)N2CCN(c3ccc(-c4cc(CNc5ccon5)on4)cc3F)CC2)cc1O. The number of nitrogens with one attached hydrogen (secondary N) is 2. The summed E-state index contributed by atoms with van der Waals surface area (Å²) in [7, 11) is 0. The van der Waals surface area contributed by atoms with Crippen LogP contribution >= 0.6 is 0 Å². The average Bonchev–Trinajstić information content (AvgIpc) is 3.64. The normalized spacial score (nSPS) is 13.4. The second-order valence-electron chi connectivity index (χ2n) is 8.91. The molecule has 1 aliphatic heterocycles. The van der Waals surface area contributed by atoms with Crippen LogP contribution in [0.15, 0.2) is 63.8 Å². The zero-order valence-corrected chi connectivity index (χ0v) is 20.8. The minimum atomic E-state index is -0.495.